The van der Waals surface area contributed by atoms with Gasteiger partial charge < -0.3 is 15.0 Å². The van der Waals surface area contributed by atoms with E-state index in [1.807, 2.05) is 37.0 Å². The molecular weight excluding hydrogens is 284 g/mol. The normalized spacial score (nSPS) is 26.2. The minimum atomic E-state index is -0.421. The van der Waals surface area contributed by atoms with Gasteiger partial charge in [0.05, 0.1) is 0 Å². The van der Waals surface area contributed by atoms with E-state index >= 15 is 0 Å². The summed E-state index contributed by atoms with van der Waals surface area (Å²) in [6.45, 7) is 10.6. The molecule has 0 aromatic carbocycles. The molecule has 1 unspecified atom stereocenters. The number of thiophene rings is 1. The van der Waals surface area contributed by atoms with E-state index in [0.29, 0.717) is 5.92 Å². The van der Waals surface area contributed by atoms with Gasteiger partial charge in [0.15, 0.2) is 0 Å². The summed E-state index contributed by atoms with van der Waals surface area (Å²) in [7, 11) is 0. The third kappa shape index (κ3) is 2.69. The Balaban J connectivity index is 1.66. The van der Waals surface area contributed by atoms with Gasteiger partial charge in [-0.05, 0) is 51.1 Å². The number of likely N-dealkylation sites (tertiary alicyclic amines) is 1. The van der Waals surface area contributed by atoms with Gasteiger partial charge in [0.2, 0.25) is 0 Å². The van der Waals surface area contributed by atoms with Crippen LogP contribution in [0.25, 0.3) is 0 Å². The molecule has 1 N–H and O–H groups in total. The summed E-state index contributed by atoms with van der Waals surface area (Å²) in [5.41, 5.74) is 0.995. The van der Waals surface area contributed by atoms with Crippen molar-refractivity contribution in [3.8, 4) is 0 Å². The number of nitrogens with one attached hydrogen (secondary N) is 1. The monoisotopic (exact) mass is 308 g/mol. The first kappa shape index (κ1) is 14.9. The zero-order valence-corrected chi connectivity index (χ0v) is 14.0. The van der Waals surface area contributed by atoms with E-state index in [-0.39, 0.29) is 11.6 Å². The van der Waals surface area contributed by atoms with Crippen molar-refractivity contribution in [2.45, 2.75) is 45.3 Å². The van der Waals surface area contributed by atoms with Gasteiger partial charge in [-0.2, -0.15) is 0 Å². The van der Waals surface area contributed by atoms with Gasteiger partial charge in [0.25, 0.3) is 0 Å². The van der Waals surface area contributed by atoms with Gasteiger partial charge >= 0.3 is 6.09 Å². The van der Waals surface area contributed by atoms with Gasteiger partial charge in [-0.1, -0.05) is 0 Å². The smallest absolute Gasteiger partial charge is 0.410 e. The second-order valence-electron chi connectivity index (χ2n) is 7.22. The Morgan fingerprint density at radius 2 is 2.19 bits per heavy atom. The molecule has 2 aliphatic rings. The first-order valence-corrected chi connectivity index (χ1v) is 8.47. The fourth-order valence-corrected chi connectivity index (χ4v) is 4.21. The zero-order valence-electron chi connectivity index (χ0n) is 13.2. The Labute approximate surface area is 130 Å². The third-order valence-electron chi connectivity index (χ3n) is 4.50. The number of hydrogen-bond donors (Lipinski definition) is 1. The van der Waals surface area contributed by atoms with E-state index in [2.05, 4.69) is 23.7 Å². The van der Waals surface area contributed by atoms with Gasteiger partial charge in [0.1, 0.15) is 5.60 Å². The molecule has 116 valence electrons. The second-order valence-corrected chi connectivity index (χ2v) is 8.22. The van der Waals surface area contributed by atoms with E-state index in [9.17, 15) is 4.79 Å². The quantitative estimate of drug-likeness (QED) is 0.867. The maximum Gasteiger partial charge on any atom is 0.410 e. The Morgan fingerprint density at radius 3 is 2.86 bits per heavy atom. The molecule has 3 rings (SSSR count). The van der Waals surface area contributed by atoms with Gasteiger partial charge in [0, 0.05) is 36.0 Å². The first-order valence-electron chi connectivity index (χ1n) is 7.59. The fraction of sp³-hybridized carbons (Fsp3) is 0.688. The highest BCUT2D eigenvalue weighted by atomic mass is 32.1. The fourth-order valence-electron chi connectivity index (χ4n) is 3.21. The van der Waals surface area contributed by atoms with E-state index in [1.54, 1.807) is 0 Å². The van der Waals surface area contributed by atoms with Crippen molar-refractivity contribution in [3.63, 3.8) is 0 Å². The Hall–Kier alpha value is -1.07. The molecule has 3 heterocycles. The van der Waals surface area contributed by atoms with Crippen LogP contribution in [0.2, 0.25) is 0 Å². The van der Waals surface area contributed by atoms with Gasteiger partial charge in [-0.3, -0.25) is 0 Å². The van der Waals surface area contributed by atoms with Gasteiger partial charge in [-0.15, -0.1) is 11.3 Å². The number of hydrogen-bond acceptors (Lipinski definition) is 4. The third-order valence-corrected chi connectivity index (χ3v) is 5.48. The van der Waals surface area contributed by atoms with Crippen LogP contribution in [0.1, 0.15) is 38.1 Å². The van der Waals surface area contributed by atoms with Crippen LogP contribution >= 0.6 is 11.3 Å². The van der Waals surface area contributed by atoms with Crippen LogP contribution < -0.4 is 5.32 Å². The van der Waals surface area contributed by atoms with Crippen molar-refractivity contribution >= 4 is 17.4 Å². The summed E-state index contributed by atoms with van der Waals surface area (Å²) < 4.78 is 5.43. The number of ether oxygens (including phenoxy) is 1. The summed E-state index contributed by atoms with van der Waals surface area (Å²) in [4.78, 5) is 15.4. The molecule has 1 amide bonds. The summed E-state index contributed by atoms with van der Waals surface area (Å²) >= 11 is 1.85. The van der Waals surface area contributed by atoms with E-state index in [0.717, 1.165) is 26.1 Å². The predicted molar refractivity (Wildman–Crippen MR) is 84.7 cm³/mol. The van der Waals surface area contributed by atoms with Crippen molar-refractivity contribution in [1.82, 2.24) is 10.2 Å². The van der Waals surface area contributed by atoms with Crippen molar-refractivity contribution in [2.24, 2.45) is 5.92 Å². The molecule has 1 aromatic heterocycles. The second kappa shape index (κ2) is 4.99. The number of amides is 1. The topological polar surface area (TPSA) is 41.6 Å². The highest BCUT2D eigenvalue weighted by Crippen LogP contribution is 2.41. The van der Waals surface area contributed by atoms with E-state index in [1.165, 1.54) is 10.4 Å². The molecule has 0 spiro atoms. The molecular formula is C16H24N2O2S. The van der Waals surface area contributed by atoms with E-state index in [4.69, 9.17) is 4.74 Å². The molecule has 2 aliphatic heterocycles. The Bertz CT molecular complexity index is 543. The van der Waals surface area contributed by atoms with Crippen molar-refractivity contribution in [2.75, 3.05) is 19.6 Å². The maximum atomic E-state index is 12.1. The number of nitrogens with zero attached hydrogens (tertiary/aromatic N) is 1. The molecule has 5 heteroatoms. The van der Waals surface area contributed by atoms with Crippen LogP contribution in [0.5, 0.6) is 0 Å². The van der Waals surface area contributed by atoms with Crippen LogP contribution in [0, 0.1) is 5.92 Å². The van der Waals surface area contributed by atoms with Gasteiger partial charge in [-0.25, -0.2) is 4.79 Å². The lowest BCUT2D eigenvalue weighted by Gasteiger charge is -2.50. The van der Waals surface area contributed by atoms with Crippen molar-refractivity contribution < 1.29 is 9.53 Å². The summed E-state index contributed by atoms with van der Waals surface area (Å²) in [6, 6.07) is 2.24. The van der Waals surface area contributed by atoms with Crippen LogP contribution in [-0.4, -0.2) is 36.2 Å². The molecule has 1 fully saturated rings. The van der Waals surface area contributed by atoms with Crippen LogP contribution in [-0.2, 0) is 16.7 Å². The maximum absolute atomic E-state index is 12.1. The van der Waals surface area contributed by atoms with Crippen molar-refractivity contribution in [3.05, 3.63) is 21.9 Å². The molecule has 1 saturated heterocycles. The SMILES string of the molecule is CC(C)(C)OC(=O)N1CC(C2(C)NCCc3sccc32)C1. The number of rotatable bonds is 1. The standard InChI is InChI=1S/C16H24N2O2S/c1-15(2,3)20-14(19)18-9-11(10-18)16(4)12-6-8-21-13(12)5-7-17-16/h6,8,11,17H,5,7,9-10H2,1-4H3. The number of carbonyl (C=O) groups excluding carboxylic acids is 1. The minimum absolute atomic E-state index is 0.00784. The highest BCUT2D eigenvalue weighted by molar-refractivity contribution is 7.10. The molecule has 4 nitrogen and oxygen atoms in total. The predicted octanol–water partition coefficient (Wildman–Crippen LogP) is 2.98. The molecule has 1 atom stereocenters. The van der Waals surface area contributed by atoms with Crippen LogP contribution in [0.3, 0.4) is 0 Å². The lowest BCUT2D eigenvalue weighted by molar-refractivity contribution is -0.0197. The lowest BCUT2D eigenvalue weighted by Crippen LogP contribution is -2.63. The number of carbonyl (C=O) groups is 1. The summed E-state index contributed by atoms with van der Waals surface area (Å²) in [5, 5.41) is 5.86. The van der Waals surface area contributed by atoms with E-state index < -0.39 is 5.60 Å². The molecule has 0 radical (unpaired) electrons. The summed E-state index contributed by atoms with van der Waals surface area (Å²) in [5.74, 6) is 0.457. The Morgan fingerprint density at radius 1 is 1.48 bits per heavy atom. The number of fused-ring (bicyclic) bond motifs is 1. The lowest BCUT2D eigenvalue weighted by atomic mass is 9.73. The first-order chi connectivity index (χ1) is 9.79. The summed E-state index contributed by atoms with van der Waals surface area (Å²) in [6.07, 6.45) is 0.925. The average molecular weight is 308 g/mol. The average Bonchev–Trinajstić information content (AvgIpc) is 2.73. The zero-order chi connectivity index (χ0) is 15.3. The Kier molecular flexibility index (Phi) is 3.53. The minimum Gasteiger partial charge on any atom is -0.444 e. The van der Waals surface area contributed by atoms with Crippen LogP contribution in [0.15, 0.2) is 11.4 Å². The molecule has 21 heavy (non-hydrogen) atoms. The molecule has 1 aromatic rings. The molecule has 0 aliphatic carbocycles. The molecule has 0 bridgehead atoms. The molecule has 0 saturated carbocycles. The highest BCUT2D eigenvalue weighted by Gasteiger charge is 2.47. The van der Waals surface area contributed by atoms with Crippen molar-refractivity contribution in [1.29, 1.82) is 0 Å². The van der Waals surface area contributed by atoms with Crippen LogP contribution in [0.4, 0.5) is 4.79 Å². The largest absolute Gasteiger partial charge is 0.444 e.